The number of nitrogens with zero attached hydrogens (tertiary/aromatic N) is 4. The number of ether oxygens (including phenoxy) is 1. The summed E-state index contributed by atoms with van der Waals surface area (Å²) in [5.41, 5.74) is 2.01. The van der Waals surface area contributed by atoms with Crippen molar-refractivity contribution in [2.45, 2.75) is 19.5 Å². The Morgan fingerprint density at radius 1 is 1.00 bits per heavy atom. The van der Waals surface area contributed by atoms with E-state index in [1.807, 2.05) is 36.4 Å². The maximum Gasteiger partial charge on any atom is 0.241 e. The largest absolute Gasteiger partial charge is 0.497 e. The van der Waals surface area contributed by atoms with Gasteiger partial charge in [0.1, 0.15) is 11.6 Å². The summed E-state index contributed by atoms with van der Waals surface area (Å²) in [6.45, 7) is 5.37. The summed E-state index contributed by atoms with van der Waals surface area (Å²) in [6, 6.07) is 14.4. The Morgan fingerprint density at radius 3 is 2.52 bits per heavy atom. The van der Waals surface area contributed by atoms with Crippen LogP contribution in [-0.4, -0.2) is 53.2 Å². The monoisotopic (exact) mass is 396 g/mol. The molecule has 1 aromatic heterocycles. The lowest BCUT2D eigenvalue weighted by atomic mass is 10.2. The van der Waals surface area contributed by atoms with Gasteiger partial charge in [0.15, 0.2) is 0 Å². The van der Waals surface area contributed by atoms with Gasteiger partial charge in [-0.1, -0.05) is 29.4 Å². The number of hydrogen-bond donors (Lipinski definition) is 0. The van der Waals surface area contributed by atoms with Crippen LogP contribution in [0.4, 0.5) is 4.39 Å². The maximum atomic E-state index is 13.1. The second-order valence-corrected chi connectivity index (χ2v) is 7.28. The SMILES string of the molecule is COc1cccc(-c2noc(CN3CCCN(Cc4ccc(F)cc4)CC3)n2)c1. The van der Waals surface area contributed by atoms with Crippen molar-refractivity contribution >= 4 is 0 Å². The lowest BCUT2D eigenvalue weighted by molar-refractivity contribution is 0.222. The summed E-state index contributed by atoms with van der Waals surface area (Å²) in [4.78, 5) is 9.30. The zero-order chi connectivity index (χ0) is 20.1. The van der Waals surface area contributed by atoms with Gasteiger partial charge in [-0.15, -0.1) is 0 Å². The highest BCUT2D eigenvalue weighted by Gasteiger charge is 2.18. The zero-order valence-corrected chi connectivity index (χ0v) is 16.6. The maximum absolute atomic E-state index is 13.1. The molecular formula is C22H25FN4O2. The average Bonchev–Trinajstić information content (AvgIpc) is 3.10. The molecule has 0 unspecified atom stereocenters. The smallest absolute Gasteiger partial charge is 0.241 e. The second-order valence-electron chi connectivity index (χ2n) is 7.28. The van der Waals surface area contributed by atoms with E-state index >= 15 is 0 Å². The highest BCUT2D eigenvalue weighted by atomic mass is 19.1. The predicted octanol–water partition coefficient (Wildman–Crippen LogP) is 3.59. The van der Waals surface area contributed by atoms with E-state index in [1.165, 1.54) is 12.1 Å². The van der Waals surface area contributed by atoms with Gasteiger partial charge in [-0.3, -0.25) is 9.80 Å². The molecule has 0 bridgehead atoms. The van der Waals surface area contributed by atoms with E-state index in [9.17, 15) is 4.39 Å². The van der Waals surface area contributed by atoms with Gasteiger partial charge in [-0.05, 0) is 49.3 Å². The van der Waals surface area contributed by atoms with Gasteiger partial charge >= 0.3 is 0 Å². The van der Waals surface area contributed by atoms with Crippen LogP contribution in [0, 0.1) is 5.82 Å². The van der Waals surface area contributed by atoms with Crippen LogP contribution in [0.15, 0.2) is 53.1 Å². The van der Waals surface area contributed by atoms with Crippen molar-refractivity contribution in [2.24, 2.45) is 0 Å². The second kappa shape index (κ2) is 9.15. The van der Waals surface area contributed by atoms with Crippen LogP contribution in [0.2, 0.25) is 0 Å². The van der Waals surface area contributed by atoms with Gasteiger partial charge in [0, 0.05) is 25.2 Å². The molecule has 1 fully saturated rings. The Balaban J connectivity index is 1.33. The van der Waals surface area contributed by atoms with Crippen molar-refractivity contribution in [1.29, 1.82) is 0 Å². The van der Waals surface area contributed by atoms with Crippen molar-refractivity contribution in [3.05, 3.63) is 65.8 Å². The van der Waals surface area contributed by atoms with Gasteiger partial charge in [-0.25, -0.2) is 4.39 Å². The predicted molar refractivity (Wildman–Crippen MR) is 108 cm³/mol. The van der Waals surface area contributed by atoms with Crippen LogP contribution in [0.25, 0.3) is 11.4 Å². The fourth-order valence-electron chi connectivity index (χ4n) is 3.58. The van der Waals surface area contributed by atoms with Crippen molar-refractivity contribution in [1.82, 2.24) is 19.9 Å². The summed E-state index contributed by atoms with van der Waals surface area (Å²) in [5, 5.41) is 4.12. The highest BCUT2D eigenvalue weighted by molar-refractivity contribution is 5.56. The average molecular weight is 396 g/mol. The lowest BCUT2D eigenvalue weighted by Crippen LogP contribution is -2.30. The molecule has 0 radical (unpaired) electrons. The summed E-state index contributed by atoms with van der Waals surface area (Å²) in [6.07, 6.45) is 1.07. The van der Waals surface area contributed by atoms with Crippen LogP contribution in [0.1, 0.15) is 17.9 Å². The molecule has 0 aliphatic carbocycles. The topological polar surface area (TPSA) is 54.6 Å². The number of methoxy groups -OCH3 is 1. The Kier molecular flexibility index (Phi) is 6.17. The first-order chi connectivity index (χ1) is 14.2. The summed E-state index contributed by atoms with van der Waals surface area (Å²) in [7, 11) is 1.64. The van der Waals surface area contributed by atoms with E-state index in [-0.39, 0.29) is 5.82 Å². The number of rotatable bonds is 6. The van der Waals surface area contributed by atoms with Crippen LogP contribution in [-0.2, 0) is 13.1 Å². The number of hydrogen-bond acceptors (Lipinski definition) is 6. The normalized spacial score (nSPS) is 15.9. The molecule has 1 saturated heterocycles. The minimum atomic E-state index is -0.191. The molecule has 3 aromatic rings. The molecule has 4 rings (SSSR count). The van der Waals surface area contributed by atoms with Gasteiger partial charge in [0.25, 0.3) is 0 Å². The van der Waals surface area contributed by atoms with Crippen LogP contribution < -0.4 is 4.74 Å². The summed E-state index contributed by atoms with van der Waals surface area (Å²) < 4.78 is 23.8. The van der Waals surface area contributed by atoms with E-state index in [4.69, 9.17) is 9.26 Å². The van der Waals surface area contributed by atoms with Crippen LogP contribution in [0.5, 0.6) is 5.75 Å². The van der Waals surface area contributed by atoms with Crippen molar-refractivity contribution in [3.8, 4) is 17.1 Å². The number of halogens is 1. The van der Waals surface area contributed by atoms with E-state index in [2.05, 4.69) is 19.9 Å². The van der Waals surface area contributed by atoms with Gasteiger partial charge in [0.2, 0.25) is 11.7 Å². The van der Waals surface area contributed by atoms with E-state index in [0.717, 1.165) is 56.0 Å². The molecule has 0 saturated carbocycles. The van der Waals surface area contributed by atoms with E-state index in [0.29, 0.717) is 18.3 Å². The molecule has 7 heteroatoms. The molecule has 0 atom stereocenters. The molecule has 2 heterocycles. The minimum absolute atomic E-state index is 0.191. The number of aromatic nitrogens is 2. The lowest BCUT2D eigenvalue weighted by Gasteiger charge is -2.20. The Hall–Kier alpha value is -2.77. The third-order valence-electron chi connectivity index (χ3n) is 5.16. The zero-order valence-electron chi connectivity index (χ0n) is 16.6. The first-order valence-electron chi connectivity index (χ1n) is 9.86. The fraction of sp³-hybridized carbons (Fsp3) is 0.364. The molecule has 1 aliphatic heterocycles. The number of benzene rings is 2. The summed E-state index contributed by atoms with van der Waals surface area (Å²) in [5.74, 6) is 1.77. The Morgan fingerprint density at radius 2 is 1.76 bits per heavy atom. The minimum Gasteiger partial charge on any atom is -0.497 e. The van der Waals surface area contributed by atoms with Gasteiger partial charge in [0.05, 0.1) is 13.7 Å². The third-order valence-corrected chi connectivity index (χ3v) is 5.16. The quantitative estimate of drug-likeness (QED) is 0.635. The van der Waals surface area contributed by atoms with Crippen molar-refractivity contribution in [2.75, 3.05) is 33.3 Å². The molecule has 0 N–H and O–H groups in total. The van der Waals surface area contributed by atoms with E-state index in [1.54, 1.807) is 7.11 Å². The third kappa shape index (κ3) is 5.19. The van der Waals surface area contributed by atoms with Crippen LogP contribution in [0.3, 0.4) is 0 Å². The molecule has 1 aliphatic rings. The standard InChI is InChI=1S/C22H25FN4O2/c1-28-20-5-2-4-18(14-20)22-24-21(29-25-22)16-27-11-3-10-26(12-13-27)15-17-6-8-19(23)9-7-17/h2,4-9,14H,3,10-13,15-16H2,1H3. The van der Waals surface area contributed by atoms with Gasteiger partial charge < -0.3 is 9.26 Å². The molecule has 0 spiro atoms. The molecule has 2 aromatic carbocycles. The highest BCUT2D eigenvalue weighted by Crippen LogP contribution is 2.21. The molecule has 152 valence electrons. The van der Waals surface area contributed by atoms with E-state index < -0.39 is 0 Å². The fourth-order valence-corrected chi connectivity index (χ4v) is 3.58. The van der Waals surface area contributed by atoms with Crippen LogP contribution >= 0.6 is 0 Å². The molecule has 29 heavy (non-hydrogen) atoms. The molecule has 6 nitrogen and oxygen atoms in total. The molecular weight excluding hydrogens is 371 g/mol. The Labute approximate surface area is 169 Å². The van der Waals surface area contributed by atoms with Crippen molar-refractivity contribution in [3.63, 3.8) is 0 Å². The summed E-state index contributed by atoms with van der Waals surface area (Å²) >= 11 is 0. The van der Waals surface area contributed by atoms with Crippen molar-refractivity contribution < 1.29 is 13.7 Å². The first kappa shape index (κ1) is 19.5. The Bertz CT molecular complexity index is 929. The molecule has 0 amide bonds. The first-order valence-corrected chi connectivity index (χ1v) is 9.86. The van der Waals surface area contributed by atoms with Gasteiger partial charge in [-0.2, -0.15) is 4.98 Å².